The lowest BCUT2D eigenvalue weighted by atomic mass is 10.2. The summed E-state index contributed by atoms with van der Waals surface area (Å²) in [7, 11) is 1.34. The Kier molecular flexibility index (Phi) is 4.36. The summed E-state index contributed by atoms with van der Waals surface area (Å²) in [6.07, 6.45) is 3.13. The molecular formula is C14H13ClN2O2. The third-order valence-corrected chi connectivity index (χ3v) is 2.82. The van der Waals surface area contributed by atoms with E-state index < -0.39 is 5.97 Å². The number of nitrogens with one attached hydrogen (secondary N) is 1. The minimum absolute atomic E-state index is 0.400. The lowest BCUT2D eigenvalue weighted by molar-refractivity contribution is 0.0600. The molecule has 2 aromatic rings. The van der Waals surface area contributed by atoms with Crippen molar-refractivity contribution in [3.05, 3.63) is 58.9 Å². The van der Waals surface area contributed by atoms with Crippen molar-refractivity contribution < 1.29 is 9.53 Å². The average molecular weight is 277 g/mol. The second-order valence-electron chi connectivity index (χ2n) is 3.93. The van der Waals surface area contributed by atoms with Crippen LogP contribution in [-0.4, -0.2) is 18.1 Å². The molecule has 0 fully saturated rings. The molecular weight excluding hydrogens is 264 g/mol. The van der Waals surface area contributed by atoms with E-state index in [0.717, 1.165) is 11.3 Å². The molecule has 19 heavy (non-hydrogen) atoms. The number of carbonyl (C=O) groups excluding carboxylic acids is 1. The molecule has 0 unspecified atom stereocenters. The molecule has 1 aromatic heterocycles. The van der Waals surface area contributed by atoms with E-state index in [-0.39, 0.29) is 0 Å². The number of pyridine rings is 1. The van der Waals surface area contributed by atoms with E-state index in [1.165, 1.54) is 13.3 Å². The summed E-state index contributed by atoms with van der Waals surface area (Å²) in [5.41, 5.74) is 2.27. The minimum atomic E-state index is -0.400. The summed E-state index contributed by atoms with van der Waals surface area (Å²) in [5, 5.41) is 3.89. The third kappa shape index (κ3) is 3.69. The summed E-state index contributed by atoms with van der Waals surface area (Å²) in [4.78, 5) is 15.4. The van der Waals surface area contributed by atoms with Gasteiger partial charge in [0.05, 0.1) is 18.4 Å². The Morgan fingerprint density at radius 3 is 2.74 bits per heavy atom. The van der Waals surface area contributed by atoms with Crippen LogP contribution in [0.5, 0.6) is 0 Å². The highest BCUT2D eigenvalue weighted by Crippen LogP contribution is 2.13. The quantitative estimate of drug-likeness (QED) is 0.872. The fourth-order valence-electron chi connectivity index (χ4n) is 1.57. The third-order valence-electron chi connectivity index (χ3n) is 2.57. The van der Waals surface area contributed by atoms with E-state index in [9.17, 15) is 4.79 Å². The predicted molar refractivity (Wildman–Crippen MR) is 74.4 cm³/mol. The van der Waals surface area contributed by atoms with E-state index in [4.69, 9.17) is 11.6 Å². The van der Waals surface area contributed by atoms with E-state index in [1.54, 1.807) is 12.3 Å². The van der Waals surface area contributed by atoms with Crippen LogP contribution >= 0.6 is 11.6 Å². The predicted octanol–water partition coefficient (Wildman–Crippen LogP) is 3.13. The van der Waals surface area contributed by atoms with Gasteiger partial charge in [0.2, 0.25) is 0 Å². The Bertz CT molecular complexity index is 570. The number of nitrogens with zero attached hydrogens (tertiary/aromatic N) is 1. The van der Waals surface area contributed by atoms with Gasteiger partial charge in [-0.15, -0.1) is 0 Å². The van der Waals surface area contributed by atoms with Gasteiger partial charge in [0.25, 0.3) is 0 Å². The van der Waals surface area contributed by atoms with Crippen LogP contribution in [0, 0.1) is 0 Å². The maximum absolute atomic E-state index is 11.4. The van der Waals surface area contributed by atoms with Gasteiger partial charge in [-0.25, -0.2) is 4.79 Å². The number of esters is 1. The number of anilines is 1. The largest absolute Gasteiger partial charge is 0.465 e. The Hall–Kier alpha value is -2.07. The number of rotatable bonds is 4. The number of carbonyl (C=O) groups is 1. The smallest absolute Gasteiger partial charge is 0.339 e. The minimum Gasteiger partial charge on any atom is -0.465 e. The topological polar surface area (TPSA) is 51.2 Å². The SMILES string of the molecule is COC(=O)c1cncc(NCc2ccc(Cl)cc2)c1. The molecule has 5 heteroatoms. The van der Waals surface area contributed by atoms with Crippen LogP contribution < -0.4 is 5.32 Å². The molecule has 0 amide bonds. The van der Waals surface area contributed by atoms with Crippen LogP contribution in [0.1, 0.15) is 15.9 Å². The molecule has 1 N–H and O–H groups in total. The molecule has 0 bridgehead atoms. The fourth-order valence-corrected chi connectivity index (χ4v) is 1.70. The van der Waals surface area contributed by atoms with Crippen molar-refractivity contribution in [3.8, 4) is 0 Å². The number of hydrogen-bond acceptors (Lipinski definition) is 4. The maximum atomic E-state index is 11.4. The highest BCUT2D eigenvalue weighted by Gasteiger charge is 2.06. The average Bonchev–Trinajstić information content (AvgIpc) is 2.46. The van der Waals surface area contributed by atoms with Gasteiger partial charge in [-0.3, -0.25) is 4.98 Å². The van der Waals surface area contributed by atoms with Crippen LogP contribution in [-0.2, 0) is 11.3 Å². The van der Waals surface area contributed by atoms with Gasteiger partial charge in [0, 0.05) is 24.0 Å². The number of benzene rings is 1. The molecule has 98 valence electrons. The summed E-state index contributed by atoms with van der Waals surface area (Å²) < 4.78 is 4.65. The zero-order valence-electron chi connectivity index (χ0n) is 10.4. The first-order valence-electron chi connectivity index (χ1n) is 5.71. The van der Waals surface area contributed by atoms with Gasteiger partial charge in [-0.1, -0.05) is 23.7 Å². The van der Waals surface area contributed by atoms with Crippen molar-refractivity contribution in [2.24, 2.45) is 0 Å². The molecule has 0 aliphatic heterocycles. The number of hydrogen-bond donors (Lipinski definition) is 1. The zero-order valence-corrected chi connectivity index (χ0v) is 11.1. The molecule has 1 aromatic carbocycles. The molecule has 0 aliphatic carbocycles. The fraction of sp³-hybridized carbons (Fsp3) is 0.143. The molecule has 2 rings (SSSR count). The summed E-state index contributed by atoms with van der Waals surface area (Å²) in [5.74, 6) is -0.400. The monoisotopic (exact) mass is 276 g/mol. The maximum Gasteiger partial charge on any atom is 0.339 e. The molecule has 0 spiro atoms. The molecule has 0 radical (unpaired) electrons. The van der Waals surface area contributed by atoms with E-state index in [1.807, 2.05) is 24.3 Å². The first kappa shape index (κ1) is 13.4. The molecule has 0 aliphatic rings. The molecule has 0 atom stereocenters. The van der Waals surface area contributed by atoms with Crippen LogP contribution in [0.2, 0.25) is 5.02 Å². The number of aromatic nitrogens is 1. The normalized spacial score (nSPS) is 10.0. The summed E-state index contributed by atoms with van der Waals surface area (Å²) in [6, 6.07) is 9.25. The Morgan fingerprint density at radius 1 is 1.32 bits per heavy atom. The zero-order chi connectivity index (χ0) is 13.7. The second kappa shape index (κ2) is 6.20. The van der Waals surface area contributed by atoms with E-state index in [0.29, 0.717) is 17.1 Å². The first-order valence-corrected chi connectivity index (χ1v) is 6.08. The van der Waals surface area contributed by atoms with Gasteiger partial charge >= 0.3 is 5.97 Å². The standard InChI is InChI=1S/C14H13ClN2O2/c1-19-14(18)11-6-13(9-16-8-11)17-7-10-2-4-12(15)5-3-10/h2-6,8-9,17H,7H2,1H3. The van der Waals surface area contributed by atoms with Gasteiger partial charge in [0.1, 0.15) is 0 Å². The van der Waals surface area contributed by atoms with Crippen molar-refractivity contribution in [2.75, 3.05) is 12.4 Å². The number of halogens is 1. The Labute approximate surface area is 116 Å². The van der Waals surface area contributed by atoms with Crippen LogP contribution in [0.4, 0.5) is 5.69 Å². The second-order valence-corrected chi connectivity index (χ2v) is 4.37. The number of methoxy groups -OCH3 is 1. The van der Waals surface area contributed by atoms with Crippen molar-refractivity contribution in [1.29, 1.82) is 0 Å². The molecule has 0 saturated carbocycles. The highest BCUT2D eigenvalue weighted by molar-refractivity contribution is 6.30. The summed E-state index contributed by atoms with van der Waals surface area (Å²) >= 11 is 5.82. The van der Waals surface area contributed by atoms with Crippen molar-refractivity contribution in [1.82, 2.24) is 4.98 Å². The van der Waals surface area contributed by atoms with Gasteiger partial charge in [0.15, 0.2) is 0 Å². The van der Waals surface area contributed by atoms with Crippen LogP contribution in [0.3, 0.4) is 0 Å². The first-order chi connectivity index (χ1) is 9.19. The lowest BCUT2D eigenvalue weighted by Gasteiger charge is -2.07. The highest BCUT2D eigenvalue weighted by atomic mass is 35.5. The summed E-state index contributed by atoms with van der Waals surface area (Å²) in [6.45, 7) is 0.628. The van der Waals surface area contributed by atoms with E-state index in [2.05, 4.69) is 15.0 Å². The Balaban J connectivity index is 2.03. The number of ether oxygens (including phenoxy) is 1. The molecule has 1 heterocycles. The van der Waals surface area contributed by atoms with Gasteiger partial charge in [-0.2, -0.15) is 0 Å². The molecule has 4 nitrogen and oxygen atoms in total. The van der Waals surface area contributed by atoms with Crippen LogP contribution in [0.25, 0.3) is 0 Å². The van der Waals surface area contributed by atoms with Crippen molar-refractivity contribution in [3.63, 3.8) is 0 Å². The van der Waals surface area contributed by atoms with Crippen molar-refractivity contribution in [2.45, 2.75) is 6.54 Å². The molecule has 0 saturated heterocycles. The lowest BCUT2D eigenvalue weighted by Crippen LogP contribution is -2.04. The van der Waals surface area contributed by atoms with Gasteiger partial charge < -0.3 is 10.1 Å². The van der Waals surface area contributed by atoms with Crippen molar-refractivity contribution >= 4 is 23.3 Å². The van der Waals surface area contributed by atoms with E-state index >= 15 is 0 Å². The van der Waals surface area contributed by atoms with Gasteiger partial charge in [-0.05, 0) is 23.8 Å². The van der Waals surface area contributed by atoms with Crippen LogP contribution in [0.15, 0.2) is 42.7 Å². The Morgan fingerprint density at radius 2 is 2.05 bits per heavy atom.